The summed E-state index contributed by atoms with van der Waals surface area (Å²) in [7, 11) is 0. The van der Waals surface area contributed by atoms with Crippen LogP contribution in [0.5, 0.6) is 5.75 Å². The zero-order valence-corrected chi connectivity index (χ0v) is 10.8. The van der Waals surface area contributed by atoms with Crippen LogP contribution in [0.15, 0.2) is 6.07 Å². The zero-order chi connectivity index (χ0) is 12.1. The molecule has 1 aromatic rings. The zero-order valence-electron chi connectivity index (χ0n) is 10.8. The first kappa shape index (κ1) is 11.3. The van der Waals surface area contributed by atoms with Crippen LogP contribution in [0.1, 0.15) is 50.3 Å². The molecule has 0 bridgehead atoms. The maximum atomic E-state index is 10.1. The van der Waals surface area contributed by atoms with Crippen molar-refractivity contribution in [2.45, 2.75) is 52.5 Å². The Bertz CT molecular complexity index is 433. The average Bonchev–Trinajstić information content (AvgIpc) is 2.40. The van der Waals surface area contributed by atoms with E-state index in [1.807, 2.05) is 6.07 Å². The molecule has 88 valence electrons. The highest BCUT2D eigenvalue weighted by molar-refractivity contribution is 5.69. The highest BCUT2D eigenvalue weighted by atomic mass is 16.3. The number of rotatable bonds is 1. The van der Waals surface area contributed by atoms with E-state index in [0.717, 1.165) is 17.5 Å². The molecule has 1 aliphatic rings. The monoisotopic (exact) mass is 219 g/mol. The molecule has 0 aromatic heterocycles. The van der Waals surface area contributed by atoms with Crippen LogP contribution in [0.2, 0.25) is 0 Å². The predicted molar refractivity (Wildman–Crippen MR) is 68.3 cm³/mol. The highest BCUT2D eigenvalue weighted by Crippen LogP contribution is 2.43. The number of phenols is 1. The molecular weight excluding hydrogens is 198 g/mol. The molecule has 2 nitrogen and oxygen atoms in total. The van der Waals surface area contributed by atoms with Crippen LogP contribution < -0.4 is 5.32 Å². The fraction of sp³-hybridized carbons (Fsp3) is 0.571. The Hall–Kier alpha value is -1.18. The second kappa shape index (κ2) is 3.41. The van der Waals surface area contributed by atoms with Gasteiger partial charge >= 0.3 is 0 Å². The molecule has 2 N–H and O–H groups in total. The molecule has 0 saturated heterocycles. The lowest BCUT2D eigenvalue weighted by Crippen LogP contribution is -2.27. The number of anilines is 1. The maximum absolute atomic E-state index is 10.1. The van der Waals surface area contributed by atoms with Crippen molar-refractivity contribution >= 4 is 5.69 Å². The molecule has 1 heterocycles. The molecule has 16 heavy (non-hydrogen) atoms. The molecule has 1 aromatic carbocycles. The molecular formula is C14H21NO. The van der Waals surface area contributed by atoms with Crippen molar-refractivity contribution in [3.8, 4) is 5.75 Å². The van der Waals surface area contributed by atoms with Crippen molar-refractivity contribution in [3.05, 3.63) is 22.8 Å². The number of nitrogens with one attached hydrogen (secondary N) is 1. The third-order valence-corrected chi connectivity index (χ3v) is 3.31. The average molecular weight is 219 g/mol. The van der Waals surface area contributed by atoms with E-state index in [9.17, 15) is 5.11 Å². The molecule has 0 spiro atoms. The standard InChI is InChI=1S/C14H21NO/c1-8(2)12-10-7-14(4,5)15-13(10)9(3)6-11(12)16/h6,8,15-16H,7H2,1-5H3. The van der Waals surface area contributed by atoms with E-state index < -0.39 is 0 Å². The number of aromatic hydroxyl groups is 1. The van der Waals surface area contributed by atoms with E-state index in [1.165, 1.54) is 11.3 Å². The highest BCUT2D eigenvalue weighted by Gasteiger charge is 2.32. The largest absolute Gasteiger partial charge is 0.508 e. The van der Waals surface area contributed by atoms with Gasteiger partial charge in [0.05, 0.1) is 0 Å². The fourth-order valence-electron chi connectivity index (χ4n) is 2.71. The SMILES string of the molecule is Cc1cc(O)c(C(C)C)c2c1NC(C)(C)C2. The van der Waals surface area contributed by atoms with Crippen LogP contribution in [-0.4, -0.2) is 10.6 Å². The Morgan fingerprint density at radius 3 is 2.56 bits per heavy atom. The van der Waals surface area contributed by atoms with Crippen molar-refractivity contribution in [1.29, 1.82) is 0 Å². The lowest BCUT2D eigenvalue weighted by Gasteiger charge is -2.18. The van der Waals surface area contributed by atoms with Gasteiger partial charge in [0.15, 0.2) is 0 Å². The third-order valence-electron chi connectivity index (χ3n) is 3.31. The summed E-state index contributed by atoms with van der Waals surface area (Å²) in [6.45, 7) is 10.7. The van der Waals surface area contributed by atoms with Crippen LogP contribution >= 0.6 is 0 Å². The quantitative estimate of drug-likeness (QED) is 0.708. The molecule has 2 rings (SSSR count). The summed E-state index contributed by atoms with van der Waals surface area (Å²) in [6.07, 6.45) is 0.991. The normalized spacial score (nSPS) is 17.4. The predicted octanol–water partition coefficient (Wildman–Crippen LogP) is 3.57. The lowest BCUT2D eigenvalue weighted by atomic mass is 9.89. The van der Waals surface area contributed by atoms with Crippen LogP contribution in [0.25, 0.3) is 0 Å². The van der Waals surface area contributed by atoms with Gasteiger partial charge in [-0.1, -0.05) is 13.8 Å². The van der Waals surface area contributed by atoms with Crippen LogP contribution in [0.3, 0.4) is 0 Å². The van der Waals surface area contributed by atoms with Crippen molar-refractivity contribution in [2.75, 3.05) is 5.32 Å². The molecule has 0 unspecified atom stereocenters. The number of aryl methyl sites for hydroxylation is 1. The number of fused-ring (bicyclic) bond motifs is 1. The topological polar surface area (TPSA) is 32.3 Å². The van der Waals surface area contributed by atoms with Gasteiger partial charge in [0.1, 0.15) is 5.75 Å². The molecule has 2 heteroatoms. The van der Waals surface area contributed by atoms with Gasteiger partial charge in [-0.2, -0.15) is 0 Å². The minimum absolute atomic E-state index is 0.102. The summed E-state index contributed by atoms with van der Waals surface area (Å²) < 4.78 is 0. The number of phenolic OH excluding ortho intramolecular Hbond substituents is 1. The molecule has 0 saturated carbocycles. The molecule has 0 fully saturated rings. The van der Waals surface area contributed by atoms with Crippen molar-refractivity contribution < 1.29 is 5.11 Å². The van der Waals surface area contributed by atoms with Gasteiger partial charge in [-0.15, -0.1) is 0 Å². The summed E-state index contributed by atoms with van der Waals surface area (Å²) in [4.78, 5) is 0. The van der Waals surface area contributed by atoms with Crippen LogP contribution in [-0.2, 0) is 6.42 Å². The van der Waals surface area contributed by atoms with Crippen molar-refractivity contribution in [2.24, 2.45) is 0 Å². The maximum Gasteiger partial charge on any atom is 0.119 e. The minimum atomic E-state index is 0.102. The van der Waals surface area contributed by atoms with Gasteiger partial charge in [-0.05, 0) is 50.3 Å². The van der Waals surface area contributed by atoms with Gasteiger partial charge < -0.3 is 10.4 Å². The van der Waals surface area contributed by atoms with Crippen LogP contribution in [0.4, 0.5) is 5.69 Å². The first-order chi connectivity index (χ1) is 7.32. The smallest absolute Gasteiger partial charge is 0.119 e. The Balaban J connectivity index is 2.64. The molecule has 0 atom stereocenters. The number of benzene rings is 1. The summed E-state index contributed by atoms with van der Waals surface area (Å²) in [6, 6.07) is 1.88. The first-order valence-electron chi connectivity index (χ1n) is 5.95. The summed E-state index contributed by atoms with van der Waals surface area (Å²) in [5.74, 6) is 0.816. The van der Waals surface area contributed by atoms with Gasteiger partial charge in [0, 0.05) is 16.8 Å². The van der Waals surface area contributed by atoms with E-state index in [4.69, 9.17) is 0 Å². The van der Waals surface area contributed by atoms with Crippen molar-refractivity contribution in [1.82, 2.24) is 0 Å². The fourth-order valence-corrected chi connectivity index (χ4v) is 2.71. The third kappa shape index (κ3) is 1.66. The lowest BCUT2D eigenvalue weighted by molar-refractivity contribution is 0.463. The van der Waals surface area contributed by atoms with E-state index in [0.29, 0.717) is 11.7 Å². The molecule has 0 radical (unpaired) electrons. The van der Waals surface area contributed by atoms with Gasteiger partial charge in [-0.3, -0.25) is 0 Å². The van der Waals surface area contributed by atoms with Gasteiger partial charge in [0.25, 0.3) is 0 Å². The minimum Gasteiger partial charge on any atom is -0.508 e. The van der Waals surface area contributed by atoms with Gasteiger partial charge in [-0.25, -0.2) is 0 Å². The number of hydrogen-bond acceptors (Lipinski definition) is 2. The molecule has 0 amide bonds. The van der Waals surface area contributed by atoms with Crippen LogP contribution in [0, 0.1) is 6.92 Å². The summed E-state index contributed by atoms with van der Waals surface area (Å²) >= 11 is 0. The van der Waals surface area contributed by atoms with Gasteiger partial charge in [0.2, 0.25) is 0 Å². The van der Waals surface area contributed by atoms with E-state index in [-0.39, 0.29) is 5.54 Å². The van der Waals surface area contributed by atoms with Crippen molar-refractivity contribution in [3.63, 3.8) is 0 Å². The second-order valence-electron chi connectivity index (χ2n) is 5.82. The Labute approximate surface area is 97.7 Å². The van der Waals surface area contributed by atoms with E-state index >= 15 is 0 Å². The van der Waals surface area contributed by atoms with E-state index in [2.05, 4.69) is 39.9 Å². The Kier molecular flexibility index (Phi) is 2.41. The summed E-state index contributed by atoms with van der Waals surface area (Å²) in [5, 5.41) is 13.6. The first-order valence-corrected chi connectivity index (χ1v) is 5.95. The Morgan fingerprint density at radius 1 is 1.38 bits per heavy atom. The van der Waals surface area contributed by atoms with E-state index in [1.54, 1.807) is 0 Å². The number of hydrogen-bond donors (Lipinski definition) is 2. The molecule has 0 aliphatic carbocycles. The second-order valence-corrected chi connectivity index (χ2v) is 5.82. The molecule has 1 aliphatic heterocycles. The Morgan fingerprint density at radius 2 is 2.00 bits per heavy atom. The summed E-state index contributed by atoms with van der Waals surface area (Å²) in [5.41, 5.74) is 4.88.